The van der Waals surface area contributed by atoms with Crippen LogP contribution in [0.2, 0.25) is 5.02 Å². The molecule has 1 aliphatic heterocycles. The van der Waals surface area contributed by atoms with Gasteiger partial charge in [0, 0.05) is 11.1 Å². The van der Waals surface area contributed by atoms with Crippen LogP contribution in [0.3, 0.4) is 0 Å². The Morgan fingerprint density at radius 3 is 2.32 bits per heavy atom. The van der Waals surface area contributed by atoms with Crippen molar-refractivity contribution in [2.45, 2.75) is 55.4 Å². The third-order valence-electron chi connectivity index (χ3n) is 6.00. The van der Waals surface area contributed by atoms with Gasteiger partial charge in [-0.05, 0) is 54.8 Å². The average molecular weight is 501 g/mol. The van der Waals surface area contributed by atoms with Gasteiger partial charge in [0.25, 0.3) is 5.92 Å². The Balaban J connectivity index is 1.51. The monoisotopic (exact) mass is 500 g/mol. The van der Waals surface area contributed by atoms with Crippen LogP contribution in [0.5, 0.6) is 5.75 Å². The lowest BCUT2D eigenvalue weighted by atomic mass is 9.89. The zero-order chi connectivity index (χ0) is 24.5. The Hall–Kier alpha value is -1.85. The molecule has 2 fully saturated rings. The molecule has 5 atom stereocenters. The first-order chi connectivity index (χ1) is 16.2. The second-order valence-corrected chi connectivity index (χ2v) is 8.91. The largest absolute Gasteiger partial charge is 0.491 e. The van der Waals surface area contributed by atoms with Crippen molar-refractivity contribution >= 4 is 11.6 Å². The van der Waals surface area contributed by atoms with E-state index < -0.39 is 48.6 Å². The first-order valence-corrected chi connectivity index (χ1v) is 11.4. The molecule has 0 bridgehead atoms. The Kier molecular flexibility index (Phi) is 7.73. The second-order valence-electron chi connectivity index (χ2n) is 8.51. The standard InChI is InChI=1S/C24H27ClF2O7/c25-18-8-1-13(23-22(31)21(30)20(29)19(12-28)34-23)11-17(18)24(26,27)14-2-4-15(5-3-14)32-9-10-33-16-6-7-16/h1-5,8,11,16,19-23,28-31H,6-7,9-10,12H2/t19-,20-,21+,22-,23+/m1/s1. The van der Waals surface area contributed by atoms with Gasteiger partial charge in [-0.2, -0.15) is 8.78 Å². The fourth-order valence-corrected chi connectivity index (χ4v) is 4.10. The van der Waals surface area contributed by atoms with Gasteiger partial charge < -0.3 is 34.6 Å². The minimum Gasteiger partial charge on any atom is -0.491 e. The number of aliphatic hydroxyl groups excluding tert-OH is 4. The summed E-state index contributed by atoms with van der Waals surface area (Å²) in [6.45, 7) is 0.126. The lowest BCUT2D eigenvalue weighted by Crippen LogP contribution is -2.55. The van der Waals surface area contributed by atoms with E-state index in [4.69, 9.17) is 25.8 Å². The lowest BCUT2D eigenvalue weighted by Gasteiger charge is -2.40. The van der Waals surface area contributed by atoms with Crippen molar-refractivity contribution in [3.8, 4) is 5.75 Å². The highest BCUT2D eigenvalue weighted by atomic mass is 35.5. The summed E-state index contributed by atoms with van der Waals surface area (Å²) in [6.07, 6.45) is -4.76. The van der Waals surface area contributed by atoms with Gasteiger partial charge in [0.2, 0.25) is 0 Å². The molecule has 0 spiro atoms. The molecular weight excluding hydrogens is 474 g/mol. The van der Waals surface area contributed by atoms with E-state index in [1.165, 1.54) is 36.4 Å². The van der Waals surface area contributed by atoms with Crippen molar-refractivity contribution in [1.82, 2.24) is 0 Å². The van der Waals surface area contributed by atoms with Crippen LogP contribution in [0.15, 0.2) is 42.5 Å². The van der Waals surface area contributed by atoms with E-state index in [0.717, 1.165) is 18.9 Å². The zero-order valence-electron chi connectivity index (χ0n) is 18.2. The molecule has 1 saturated heterocycles. The maximum atomic E-state index is 15.4. The summed E-state index contributed by atoms with van der Waals surface area (Å²) in [7, 11) is 0. The van der Waals surface area contributed by atoms with Gasteiger partial charge in [-0.25, -0.2) is 0 Å². The van der Waals surface area contributed by atoms with Crippen molar-refractivity contribution in [3.05, 3.63) is 64.2 Å². The summed E-state index contributed by atoms with van der Waals surface area (Å²) in [5.74, 6) is -3.06. The van der Waals surface area contributed by atoms with Gasteiger partial charge in [-0.1, -0.05) is 17.7 Å². The molecule has 2 aromatic rings. The van der Waals surface area contributed by atoms with Crippen LogP contribution in [-0.2, 0) is 15.4 Å². The molecule has 0 unspecified atom stereocenters. The van der Waals surface area contributed by atoms with Crippen LogP contribution in [0.1, 0.15) is 35.6 Å². The Morgan fingerprint density at radius 1 is 0.971 bits per heavy atom. The zero-order valence-corrected chi connectivity index (χ0v) is 18.9. The van der Waals surface area contributed by atoms with E-state index in [9.17, 15) is 20.4 Å². The molecule has 0 aromatic heterocycles. The van der Waals surface area contributed by atoms with Crippen LogP contribution in [0.4, 0.5) is 8.78 Å². The highest BCUT2D eigenvalue weighted by molar-refractivity contribution is 6.31. The van der Waals surface area contributed by atoms with Gasteiger partial charge in [0.15, 0.2) is 0 Å². The van der Waals surface area contributed by atoms with E-state index in [1.54, 1.807) is 0 Å². The fraction of sp³-hybridized carbons (Fsp3) is 0.500. The molecule has 0 amide bonds. The molecule has 2 aromatic carbocycles. The quantitative estimate of drug-likeness (QED) is 0.392. The predicted octanol–water partition coefficient (Wildman–Crippen LogP) is 2.55. The van der Waals surface area contributed by atoms with Gasteiger partial charge in [-0.15, -0.1) is 0 Å². The fourth-order valence-electron chi connectivity index (χ4n) is 3.86. The number of hydrogen-bond acceptors (Lipinski definition) is 7. The first-order valence-electron chi connectivity index (χ1n) is 11.1. The molecule has 186 valence electrons. The summed E-state index contributed by atoms with van der Waals surface area (Å²) >= 11 is 6.11. The summed E-state index contributed by atoms with van der Waals surface area (Å²) in [5, 5.41) is 39.5. The molecule has 10 heteroatoms. The normalized spacial score (nSPS) is 27.6. The highest BCUT2D eigenvalue weighted by Gasteiger charge is 2.45. The van der Waals surface area contributed by atoms with Gasteiger partial charge in [-0.3, -0.25) is 0 Å². The van der Waals surface area contributed by atoms with Crippen molar-refractivity contribution in [2.24, 2.45) is 0 Å². The molecule has 4 rings (SSSR count). The second kappa shape index (κ2) is 10.4. The number of aliphatic hydroxyl groups is 4. The smallest absolute Gasteiger partial charge is 0.299 e. The Bertz CT molecular complexity index is 968. The minimum absolute atomic E-state index is 0.117. The van der Waals surface area contributed by atoms with Gasteiger partial charge in [0.1, 0.15) is 42.9 Å². The maximum Gasteiger partial charge on any atom is 0.299 e. The SMILES string of the molecule is OC[C@H]1O[C@@H](c2ccc(Cl)c(C(F)(F)c3ccc(OCCOC4CC4)cc3)c2)[C@H](O)[C@@H](O)[C@@H]1O. The molecular formula is C24H27ClF2O7. The topological polar surface area (TPSA) is 109 Å². The summed E-state index contributed by atoms with van der Waals surface area (Å²) in [5.41, 5.74) is -0.719. The number of halogens is 3. The van der Waals surface area contributed by atoms with E-state index in [-0.39, 0.29) is 16.1 Å². The molecule has 1 heterocycles. The summed E-state index contributed by atoms with van der Waals surface area (Å²) in [4.78, 5) is 0. The number of hydrogen-bond donors (Lipinski definition) is 4. The lowest BCUT2D eigenvalue weighted by molar-refractivity contribution is -0.231. The predicted molar refractivity (Wildman–Crippen MR) is 118 cm³/mol. The molecule has 2 aliphatic rings. The van der Waals surface area contributed by atoms with Crippen molar-refractivity contribution in [3.63, 3.8) is 0 Å². The van der Waals surface area contributed by atoms with E-state index in [1.807, 2.05) is 0 Å². The summed E-state index contributed by atoms with van der Waals surface area (Å²) < 4.78 is 47.4. The van der Waals surface area contributed by atoms with Gasteiger partial charge >= 0.3 is 0 Å². The van der Waals surface area contributed by atoms with Crippen LogP contribution in [0.25, 0.3) is 0 Å². The molecule has 34 heavy (non-hydrogen) atoms. The van der Waals surface area contributed by atoms with Crippen LogP contribution in [-0.4, -0.2) is 70.8 Å². The maximum absolute atomic E-state index is 15.4. The Morgan fingerprint density at radius 2 is 1.68 bits per heavy atom. The third kappa shape index (κ3) is 5.36. The molecule has 0 radical (unpaired) electrons. The number of rotatable bonds is 9. The first kappa shape index (κ1) is 25.2. The summed E-state index contributed by atoms with van der Waals surface area (Å²) in [6, 6.07) is 9.09. The van der Waals surface area contributed by atoms with Crippen molar-refractivity contribution < 1.29 is 43.4 Å². The van der Waals surface area contributed by atoms with Gasteiger partial charge in [0.05, 0.1) is 24.3 Å². The highest BCUT2D eigenvalue weighted by Crippen LogP contribution is 2.42. The number of benzene rings is 2. The van der Waals surface area contributed by atoms with Crippen LogP contribution in [0, 0.1) is 0 Å². The van der Waals surface area contributed by atoms with Crippen LogP contribution >= 0.6 is 11.6 Å². The van der Waals surface area contributed by atoms with E-state index >= 15 is 8.78 Å². The third-order valence-corrected chi connectivity index (χ3v) is 6.33. The van der Waals surface area contributed by atoms with Crippen LogP contribution < -0.4 is 4.74 Å². The average Bonchev–Trinajstić information content (AvgIpc) is 3.66. The molecule has 1 aliphatic carbocycles. The number of ether oxygens (including phenoxy) is 3. The Labute approximate surface area is 200 Å². The molecule has 7 nitrogen and oxygen atoms in total. The molecule has 1 saturated carbocycles. The molecule has 4 N–H and O–H groups in total. The van der Waals surface area contributed by atoms with E-state index in [0.29, 0.717) is 25.1 Å². The number of alkyl halides is 2. The van der Waals surface area contributed by atoms with Crippen molar-refractivity contribution in [1.29, 1.82) is 0 Å². The van der Waals surface area contributed by atoms with Crippen molar-refractivity contribution in [2.75, 3.05) is 19.8 Å². The minimum atomic E-state index is -3.49. The van der Waals surface area contributed by atoms with E-state index in [2.05, 4.69) is 0 Å².